The van der Waals surface area contributed by atoms with E-state index in [2.05, 4.69) is 0 Å². The molecule has 1 saturated heterocycles. The van der Waals surface area contributed by atoms with Gasteiger partial charge in [-0.05, 0) is 29.3 Å². The molecule has 0 aromatic heterocycles. The summed E-state index contributed by atoms with van der Waals surface area (Å²) in [7, 11) is 0. The second-order valence-corrected chi connectivity index (χ2v) is 7.46. The maximum Gasteiger partial charge on any atom is 0.254 e. The van der Waals surface area contributed by atoms with Gasteiger partial charge in [0.2, 0.25) is 0 Å². The van der Waals surface area contributed by atoms with Gasteiger partial charge in [0.25, 0.3) is 5.91 Å². The van der Waals surface area contributed by atoms with Crippen molar-refractivity contribution in [3.63, 3.8) is 0 Å². The second-order valence-electron chi connectivity index (χ2n) is 7.46. The Morgan fingerprint density at radius 1 is 1.03 bits per heavy atom. The van der Waals surface area contributed by atoms with Crippen LogP contribution in [0.2, 0.25) is 0 Å². The molecule has 1 heterocycles. The maximum atomic E-state index is 13.8. The van der Waals surface area contributed by atoms with Gasteiger partial charge in [0.1, 0.15) is 18.5 Å². The number of carbonyl (C=O) groups excluding carboxylic acids is 1. The van der Waals surface area contributed by atoms with Gasteiger partial charge >= 0.3 is 0 Å². The minimum absolute atomic E-state index is 0.00717. The molecule has 164 valence electrons. The number of rotatable bonds is 6. The van der Waals surface area contributed by atoms with Crippen LogP contribution in [-0.4, -0.2) is 43.2 Å². The summed E-state index contributed by atoms with van der Waals surface area (Å²) in [6.07, 6.45) is 1.42. The summed E-state index contributed by atoms with van der Waals surface area (Å²) in [6.45, 7) is 1.06. The molecule has 0 spiro atoms. The average molecular weight is 435 g/mol. The van der Waals surface area contributed by atoms with Crippen LogP contribution in [0.3, 0.4) is 0 Å². The standard InChI is InChI=1S/C26H23F2NO3/c27-21-11-12-24(28)25(16-21)32-18-22-17-29(13-14-31-22)26(30)23(20-9-5-2-6-10-20)15-19-7-3-1-4-8-19/h1-12,15-16,22H,13-14,17-18H2. The first-order chi connectivity index (χ1) is 15.6. The number of hydrogen-bond donors (Lipinski definition) is 0. The summed E-state index contributed by atoms with van der Waals surface area (Å²) < 4.78 is 38.3. The summed E-state index contributed by atoms with van der Waals surface area (Å²) in [5.41, 5.74) is 2.33. The second kappa shape index (κ2) is 10.2. The maximum absolute atomic E-state index is 13.8. The van der Waals surface area contributed by atoms with Gasteiger partial charge in [-0.3, -0.25) is 4.79 Å². The fourth-order valence-corrected chi connectivity index (χ4v) is 3.55. The zero-order valence-corrected chi connectivity index (χ0v) is 17.4. The van der Waals surface area contributed by atoms with Gasteiger partial charge in [-0.1, -0.05) is 60.7 Å². The molecule has 0 bridgehead atoms. The van der Waals surface area contributed by atoms with Gasteiger partial charge < -0.3 is 14.4 Å². The van der Waals surface area contributed by atoms with Crippen molar-refractivity contribution in [3.05, 3.63) is 102 Å². The molecule has 1 unspecified atom stereocenters. The van der Waals surface area contributed by atoms with Crippen molar-refractivity contribution in [2.45, 2.75) is 6.10 Å². The Hall–Kier alpha value is -3.51. The van der Waals surface area contributed by atoms with Crippen LogP contribution in [-0.2, 0) is 9.53 Å². The Bertz CT molecular complexity index is 1090. The third-order valence-corrected chi connectivity index (χ3v) is 5.17. The van der Waals surface area contributed by atoms with Gasteiger partial charge in [-0.25, -0.2) is 8.78 Å². The topological polar surface area (TPSA) is 38.8 Å². The summed E-state index contributed by atoms with van der Waals surface area (Å²) >= 11 is 0. The molecule has 0 N–H and O–H groups in total. The quantitative estimate of drug-likeness (QED) is 0.412. The van der Waals surface area contributed by atoms with Crippen LogP contribution >= 0.6 is 0 Å². The summed E-state index contributed by atoms with van der Waals surface area (Å²) in [5, 5.41) is 0. The number of amides is 1. The third kappa shape index (κ3) is 5.39. The van der Waals surface area contributed by atoms with Crippen molar-refractivity contribution in [2.24, 2.45) is 0 Å². The summed E-state index contributed by atoms with van der Waals surface area (Å²) in [4.78, 5) is 15.2. The molecular formula is C26H23F2NO3. The van der Waals surface area contributed by atoms with Gasteiger partial charge in [0.05, 0.1) is 13.2 Å². The van der Waals surface area contributed by atoms with E-state index in [4.69, 9.17) is 9.47 Å². The van der Waals surface area contributed by atoms with E-state index in [9.17, 15) is 13.6 Å². The molecule has 0 radical (unpaired) electrons. The molecule has 32 heavy (non-hydrogen) atoms. The number of carbonyl (C=O) groups is 1. The largest absolute Gasteiger partial charge is 0.488 e. The lowest BCUT2D eigenvalue weighted by atomic mass is 10.0. The highest BCUT2D eigenvalue weighted by Crippen LogP contribution is 2.23. The number of halogens is 2. The fourth-order valence-electron chi connectivity index (χ4n) is 3.55. The van der Waals surface area contributed by atoms with Gasteiger partial charge in [-0.15, -0.1) is 0 Å². The highest BCUT2D eigenvalue weighted by atomic mass is 19.1. The first-order valence-electron chi connectivity index (χ1n) is 10.4. The highest BCUT2D eigenvalue weighted by molar-refractivity contribution is 6.24. The van der Waals surface area contributed by atoms with E-state index in [1.807, 2.05) is 66.7 Å². The molecule has 4 nitrogen and oxygen atoms in total. The van der Waals surface area contributed by atoms with Crippen LogP contribution in [0.4, 0.5) is 8.78 Å². The van der Waals surface area contributed by atoms with Gasteiger partial charge in [-0.2, -0.15) is 0 Å². The smallest absolute Gasteiger partial charge is 0.254 e. The fraction of sp³-hybridized carbons (Fsp3) is 0.192. The van der Waals surface area contributed by atoms with E-state index >= 15 is 0 Å². The first kappa shape index (κ1) is 21.7. The molecule has 3 aromatic rings. The van der Waals surface area contributed by atoms with Crippen molar-refractivity contribution >= 4 is 17.6 Å². The monoisotopic (exact) mass is 435 g/mol. The molecule has 1 fully saturated rings. The Labute approximate surface area is 185 Å². The van der Waals surface area contributed by atoms with Crippen LogP contribution in [0.5, 0.6) is 5.75 Å². The number of morpholine rings is 1. The van der Waals surface area contributed by atoms with Crippen molar-refractivity contribution in [2.75, 3.05) is 26.3 Å². The zero-order valence-electron chi connectivity index (χ0n) is 17.4. The molecule has 4 rings (SSSR count). The highest BCUT2D eigenvalue weighted by Gasteiger charge is 2.27. The van der Waals surface area contributed by atoms with E-state index in [-0.39, 0.29) is 24.8 Å². The van der Waals surface area contributed by atoms with Crippen LogP contribution < -0.4 is 4.74 Å². The minimum Gasteiger partial charge on any atom is -0.488 e. The molecule has 1 aliphatic heterocycles. The predicted octanol–water partition coefficient (Wildman–Crippen LogP) is 4.81. The predicted molar refractivity (Wildman–Crippen MR) is 119 cm³/mol. The lowest BCUT2D eigenvalue weighted by Crippen LogP contribution is -2.47. The van der Waals surface area contributed by atoms with Crippen molar-refractivity contribution < 1.29 is 23.0 Å². The molecule has 1 atom stereocenters. The molecule has 0 saturated carbocycles. The Morgan fingerprint density at radius 3 is 2.50 bits per heavy atom. The molecule has 1 amide bonds. The van der Waals surface area contributed by atoms with E-state index in [0.29, 0.717) is 18.7 Å². The van der Waals surface area contributed by atoms with E-state index in [1.165, 1.54) is 0 Å². The average Bonchev–Trinajstić information content (AvgIpc) is 2.84. The Morgan fingerprint density at radius 2 is 1.75 bits per heavy atom. The Kier molecular flexibility index (Phi) is 6.92. The van der Waals surface area contributed by atoms with E-state index < -0.39 is 17.7 Å². The first-order valence-corrected chi connectivity index (χ1v) is 10.4. The summed E-state index contributed by atoms with van der Waals surface area (Å²) in [6, 6.07) is 22.2. The van der Waals surface area contributed by atoms with Crippen LogP contribution in [0, 0.1) is 11.6 Å². The lowest BCUT2D eigenvalue weighted by Gasteiger charge is -2.33. The zero-order chi connectivity index (χ0) is 22.3. The van der Waals surface area contributed by atoms with Crippen LogP contribution in [0.1, 0.15) is 11.1 Å². The number of ether oxygens (including phenoxy) is 2. The van der Waals surface area contributed by atoms with Crippen molar-refractivity contribution in [1.29, 1.82) is 0 Å². The molecular weight excluding hydrogens is 412 g/mol. The van der Waals surface area contributed by atoms with Crippen LogP contribution in [0.15, 0.2) is 78.9 Å². The lowest BCUT2D eigenvalue weighted by molar-refractivity contribution is -0.133. The third-order valence-electron chi connectivity index (χ3n) is 5.17. The van der Waals surface area contributed by atoms with Crippen molar-refractivity contribution in [1.82, 2.24) is 4.90 Å². The number of benzene rings is 3. The van der Waals surface area contributed by atoms with Gasteiger partial charge in [0.15, 0.2) is 11.6 Å². The number of nitrogens with zero attached hydrogens (tertiary/aromatic N) is 1. The van der Waals surface area contributed by atoms with Crippen LogP contribution in [0.25, 0.3) is 11.6 Å². The van der Waals surface area contributed by atoms with E-state index in [0.717, 1.165) is 29.3 Å². The molecule has 6 heteroatoms. The van der Waals surface area contributed by atoms with Gasteiger partial charge in [0, 0.05) is 18.2 Å². The normalized spacial score (nSPS) is 16.6. The van der Waals surface area contributed by atoms with E-state index in [1.54, 1.807) is 4.90 Å². The summed E-state index contributed by atoms with van der Waals surface area (Å²) in [5.74, 6) is -1.52. The molecule has 0 aliphatic carbocycles. The SMILES string of the molecule is O=C(C(=Cc1ccccc1)c1ccccc1)N1CCOC(COc2cc(F)ccc2F)C1. The minimum atomic E-state index is -0.646. The Balaban J connectivity index is 1.50. The molecule has 3 aromatic carbocycles. The van der Waals surface area contributed by atoms with Crippen molar-refractivity contribution in [3.8, 4) is 5.75 Å². The number of hydrogen-bond acceptors (Lipinski definition) is 3. The molecule has 1 aliphatic rings.